The third kappa shape index (κ3) is 0.927. The maximum absolute atomic E-state index is 12.3. The van der Waals surface area contributed by atoms with Crippen LogP contribution >= 0.6 is 0 Å². The normalized spacial score (nSPS) is 23.0. The molecule has 0 amide bonds. The molecule has 2 aromatic carbocycles. The van der Waals surface area contributed by atoms with Crippen LogP contribution in [0, 0.1) is 0 Å². The monoisotopic (exact) mass is 212 g/mol. The predicted molar refractivity (Wildman–Crippen MR) is 62.6 cm³/mol. The highest BCUT2D eigenvalue weighted by Gasteiger charge is 2.43. The number of hydrogen-bond acceptors (Lipinski definition) is 2. The Morgan fingerprint density at radius 1 is 1.12 bits per heavy atom. The second kappa shape index (κ2) is 2.92. The molecule has 80 valence electrons. The number of ketones is 1. The summed E-state index contributed by atoms with van der Waals surface area (Å²) in [6.45, 7) is 1.84. The van der Waals surface area contributed by atoms with Gasteiger partial charge in [0.25, 0.3) is 0 Å². The van der Waals surface area contributed by atoms with Crippen molar-refractivity contribution in [3.8, 4) is 0 Å². The molecule has 16 heavy (non-hydrogen) atoms. The van der Waals surface area contributed by atoms with Gasteiger partial charge in [0, 0.05) is 12.7 Å². The van der Waals surface area contributed by atoms with E-state index >= 15 is 0 Å². The van der Waals surface area contributed by atoms with E-state index in [1.807, 2.05) is 43.3 Å². The number of rotatable bonds is 1. The molecule has 2 heteroatoms. The van der Waals surface area contributed by atoms with Crippen LogP contribution in [0.4, 0.5) is 0 Å². The van der Waals surface area contributed by atoms with Gasteiger partial charge >= 0.3 is 0 Å². The van der Waals surface area contributed by atoms with E-state index in [-0.39, 0.29) is 5.78 Å². The summed E-state index contributed by atoms with van der Waals surface area (Å²) in [7, 11) is 1.59. The minimum atomic E-state index is -0.816. The molecule has 0 saturated carbocycles. The lowest BCUT2D eigenvalue weighted by molar-refractivity contribution is 0.0135. The number of benzene rings is 2. The van der Waals surface area contributed by atoms with Crippen molar-refractivity contribution in [2.45, 2.75) is 12.5 Å². The minimum Gasteiger partial charge on any atom is -0.366 e. The van der Waals surface area contributed by atoms with Gasteiger partial charge in [-0.1, -0.05) is 36.4 Å². The molecule has 0 aliphatic heterocycles. The summed E-state index contributed by atoms with van der Waals surface area (Å²) in [6.07, 6.45) is 0. The molecular weight excluding hydrogens is 200 g/mol. The first kappa shape index (κ1) is 9.55. The number of Topliss-reactive ketones (excluding diaryl/α,β-unsaturated/α-hetero) is 1. The van der Waals surface area contributed by atoms with Gasteiger partial charge in [-0.05, 0) is 23.3 Å². The zero-order valence-electron chi connectivity index (χ0n) is 9.28. The molecule has 0 radical (unpaired) electrons. The van der Waals surface area contributed by atoms with Gasteiger partial charge in [-0.15, -0.1) is 0 Å². The first-order valence-corrected chi connectivity index (χ1v) is 5.30. The molecule has 0 spiro atoms. The van der Waals surface area contributed by atoms with Crippen molar-refractivity contribution in [3.05, 3.63) is 47.5 Å². The Balaban J connectivity index is 2.49. The first-order valence-electron chi connectivity index (χ1n) is 5.30. The number of methoxy groups -OCH3 is 1. The number of hydrogen-bond donors (Lipinski definition) is 0. The largest absolute Gasteiger partial charge is 0.366 e. The molecule has 3 rings (SSSR count). The summed E-state index contributed by atoms with van der Waals surface area (Å²) in [4.78, 5) is 12.3. The summed E-state index contributed by atoms with van der Waals surface area (Å²) in [6, 6.07) is 11.8. The van der Waals surface area contributed by atoms with Crippen LogP contribution < -0.4 is 0 Å². The summed E-state index contributed by atoms with van der Waals surface area (Å²) < 4.78 is 5.43. The maximum atomic E-state index is 12.3. The van der Waals surface area contributed by atoms with E-state index in [1.54, 1.807) is 7.11 Å². The topological polar surface area (TPSA) is 26.3 Å². The van der Waals surface area contributed by atoms with E-state index in [1.165, 1.54) is 0 Å². The van der Waals surface area contributed by atoms with Crippen molar-refractivity contribution in [2.75, 3.05) is 7.11 Å². The molecule has 0 N–H and O–H groups in total. The second-order valence-electron chi connectivity index (χ2n) is 4.28. The molecule has 0 aromatic heterocycles. The van der Waals surface area contributed by atoms with Crippen molar-refractivity contribution in [1.29, 1.82) is 0 Å². The van der Waals surface area contributed by atoms with Crippen LogP contribution in [0.1, 0.15) is 22.8 Å². The quantitative estimate of drug-likeness (QED) is 0.726. The highest BCUT2D eigenvalue weighted by atomic mass is 16.5. The zero-order chi connectivity index (χ0) is 11.3. The van der Waals surface area contributed by atoms with Gasteiger partial charge in [0.05, 0.1) is 0 Å². The fourth-order valence-electron chi connectivity index (χ4n) is 2.51. The van der Waals surface area contributed by atoms with Gasteiger partial charge in [0.2, 0.25) is 0 Å². The Morgan fingerprint density at radius 2 is 1.81 bits per heavy atom. The molecule has 1 aliphatic carbocycles. The summed E-state index contributed by atoms with van der Waals surface area (Å²) >= 11 is 0. The number of carbonyl (C=O) groups excluding carboxylic acids is 1. The second-order valence-corrected chi connectivity index (χ2v) is 4.28. The van der Waals surface area contributed by atoms with Gasteiger partial charge in [-0.25, -0.2) is 0 Å². The highest BCUT2D eigenvalue weighted by Crippen LogP contribution is 2.42. The Kier molecular flexibility index (Phi) is 1.74. The average molecular weight is 212 g/mol. The predicted octanol–water partition coefficient (Wildman–Crippen LogP) is 2.90. The third-order valence-electron chi connectivity index (χ3n) is 3.50. The molecule has 1 atom stereocenters. The molecule has 1 unspecified atom stereocenters. The van der Waals surface area contributed by atoms with Crippen LogP contribution in [0.3, 0.4) is 0 Å². The SMILES string of the molecule is COC1(C)C(=O)c2cccc3cccc1c23. The van der Waals surface area contributed by atoms with Crippen LogP contribution in [0.2, 0.25) is 0 Å². The smallest absolute Gasteiger partial charge is 0.199 e. The Bertz CT molecular complexity index is 595. The molecule has 1 aliphatic rings. The fraction of sp³-hybridized carbons (Fsp3) is 0.214. The molecule has 0 fully saturated rings. The lowest BCUT2D eigenvalue weighted by Gasteiger charge is -2.21. The summed E-state index contributed by atoms with van der Waals surface area (Å²) in [5.41, 5.74) is 0.939. The standard InChI is InChI=1S/C14H12O2/c1-14(16-2)11-8-4-6-9-5-3-7-10(12(9)11)13(14)15/h3-8H,1-2H3. The van der Waals surface area contributed by atoms with Gasteiger partial charge in [0.1, 0.15) is 0 Å². The van der Waals surface area contributed by atoms with Crippen molar-refractivity contribution in [3.63, 3.8) is 0 Å². The third-order valence-corrected chi connectivity index (χ3v) is 3.50. The van der Waals surface area contributed by atoms with Gasteiger partial charge < -0.3 is 4.74 Å². The minimum absolute atomic E-state index is 0.0572. The molecular formula is C14H12O2. The van der Waals surface area contributed by atoms with E-state index in [0.29, 0.717) is 0 Å². The van der Waals surface area contributed by atoms with Gasteiger partial charge in [-0.2, -0.15) is 0 Å². The van der Waals surface area contributed by atoms with Crippen molar-refractivity contribution in [1.82, 2.24) is 0 Å². The van der Waals surface area contributed by atoms with Crippen LogP contribution in [-0.2, 0) is 10.3 Å². The van der Waals surface area contributed by atoms with E-state index in [0.717, 1.165) is 21.9 Å². The van der Waals surface area contributed by atoms with Crippen molar-refractivity contribution < 1.29 is 9.53 Å². The maximum Gasteiger partial charge on any atom is 0.199 e. The lowest BCUT2D eigenvalue weighted by atomic mass is 9.96. The number of ether oxygens (including phenoxy) is 1. The number of carbonyl (C=O) groups is 1. The molecule has 2 aromatic rings. The first-order chi connectivity index (χ1) is 7.68. The lowest BCUT2D eigenvalue weighted by Crippen LogP contribution is -2.30. The van der Waals surface area contributed by atoms with E-state index in [9.17, 15) is 4.79 Å². The summed E-state index contributed by atoms with van der Waals surface area (Å²) in [5, 5.41) is 2.14. The van der Waals surface area contributed by atoms with Crippen LogP contribution in [0.5, 0.6) is 0 Å². The van der Waals surface area contributed by atoms with Crippen LogP contribution in [-0.4, -0.2) is 12.9 Å². The van der Waals surface area contributed by atoms with Crippen LogP contribution in [0.25, 0.3) is 10.8 Å². The molecule has 2 nitrogen and oxygen atoms in total. The van der Waals surface area contributed by atoms with E-state index in [2.05, 4.69) is 0 Å². The summed E-state index contributed by atoms with van der Waals surface area (Å²) in [5.74, 6) is 0.0572. The molecule has 0 bridgehead atoms. The Morgan fingerprint density at radius 3 is 2.50 bits per heavy atom. The Hall–Kier alpha value is -1.67. The zero-order valence-corrected chi connectivity index (χ0v) is 9.28. The Labute approximate surface area is 93.8 Å². The molecule has 0 saturated heterocycles. The highest BCUT2D eigenvalue weighted by molar-refractivity contribution is 6.19. The average Bonchev–Trinajstić information content (AvgIpc) is 2.55. The van der Waals surface area contributed by atoms with Gasteiger partial charge in [0.15, 0.2) is 11.4 Å². The van der Waals surface area contributed by atoms with Gasteiger partial charge in [-0.3, -0.25) is 4.79 Å². The van der Waals surface area contributed by atoms with Crippen molar-refractivity contribution in [2.24, 2.45) is 0 Å². The van der Waals surface area contributed by atoms with E-state index < -0.39 is 5.60 Å². The van der Waals surface area contributed by atoms with Crippen molar-refractivity contribution >= 4 is 16.6 Å². The fourth-order valence-corrected chi connectivity index (χ4v) is 2.51. The van der Waals surface area contributed by atoms with Crippen LogP contribution in [0.15, 0.2) is 36.4 Å². The molecule has 0 heterocycles. The van der Waals surface area contributed by atoms with E-state index in [4.69, 9.17) is 4.74 Å².